The maximum atomic E-state index is 6.49. The summed E-state index contributed by atoms with van der Waals surface area (Å²) in [6, 6.07) is 56.6. The van der Waals surface area contributed by atoms with Crippen LogP contribution in [-0.2, 0) is 0 Å². The van der Waals surface area contributed by atoms with Crippen molar-refractivity contribution in [2.75, 3.05) is 0 Å². The Bertz CT molecular complexity index is 2860. The molecule has 0 aliphatic carbocycles. The van der Waals surface area contributed by atoms with Gasteiger partial charge in [-0.1, -0.05) is 140 Å². The molecule has 0 bridgehead atoms. The highest BCUT2D eigenvalue weighted by molar-refractivity contribution is 6.23. The van der Waals surface area contributed by atoms with Gasteiger partial charge in [0, 0.05) is 33.5 Å². The Balaban J connectivity index is 1.15. The lowest BCUT2D eigenvalue weighted by molar-refractivity contribution is 0.669. The number of allylic oxidation sites excluding steroid dienone is 1. The predicted octanol–water partition coefficient (Wildman–Crippen LogP) is 12.5. The predicted molar refractivity (Wildman–Crippen MR) is 210 cm³/mol. The summed E-state index contributed by atoms with van der Waals surface area (Å²) in [6.45, 7) is 0. The number of hydrogen-bond acceptors (Lipinski definition) is 4. The van der Waals surface area contributed by atoms with E-state index in [0.29, 0.717) is 12.3 Å². The molecule has 2 aromatic heterocycles. The zero-order chi connectivity index (χ0) is 33.7. The van der Waals surface area contributed by atoms with E-state index in [1.165, 1.54) is 11.1 Å². The second-order valence-corrected chi connectivity index (χ2v) is 12.9. The first-order valence-electron chi connectivity index (χ1n) is 17.2. The van der Waals surface area contributed by atoms with Crippen molar-refractivity contribution in [1.82, 2.24) is 0 Å². The normalized spacial score (nSPS) is 13.4. The van der Waals surface area contributed by atoms with Crippen LogP contribution >= 0.6 is 0 Å². The van der Waals surface area contributed by atoms with E-state index in [1.807, 2.05) is 42.5 Å². The number of hydrogen-bond donors (Lipinski definition) is 0. The monoisotopic (exact) mass is 654 g/mol. The van der Waals surface area contributed by atoms with Gasteiger partial charge in [-0.05, 0) is 63.7 Å². The Hall–Kier alpha value is -6.78. The molecule has 7 aromatic carbocycles. The summed E-state index contributed by atoms with van der Waals surface area (Å²) < 4.78 is 12.7. The fourth-order valence-electron chi connectivity index (χ4n) is 7.33. The molecule has 0 fully saturated rings. The fraction of sp³-hybridized carbons (Fsp3) is 0.0213. The molecular weight excluding hydrogens is 625 g/mol. The number of rotatable bonds is 5. The summed E-state index contributed by atoms with van der Waals surface area (Å²) in [6.07, 6.45) is 2.85. The molecule has 0 amide bonds. The molecule has 1 aliphatic heterocycles. The summed E-state index contributed by atoms with van der Waals surface area (Å²) in [4.78, 5) is 10.6. The van der Waals surface area contributed by atoms with Gasteiger partial charge in [0.05, 0.1) is 11.4 Å². The topological polar surface area (TPSA) is 51.0 Å². The zero-order valence-electron chi connectivity index (χ0n) is 27.6. The van der Waals surface area contributed by atoms with Crippen molar-refractivity contribution < 1.29 is 8.83 Å². The zero-order valence-corrected chi connectivity index (χ0v) is 27.6. The van der Waals surface area contributed by atoms with Crippen molar-refractivity contribution in [3.63, 3.8) is 0 Å². The van der Waals surface area contributed by atoms with E-state index in [-0.39, 0.29) is 0 Å². The van der Waals surface area contributed by atoms with Crippen LogP contribution in [0.15, 0.2) is 189 Å². The number of fused-ring (bicyclic) bond motifs is 6. The van der Waals surface area contributed by atoms with Crippen LogP contribution in [0, 0.1) is 0 Å². The van der Waals surface area contributed by atoms with E-state index < -0.39 is 0 Å². The average molecular weight is 655 g/mol. The summed E-state index contributed by atoms with van der Waals surface area (Å²) in [5.74, 6) is 0.659. The third-order valence-electron chi connectivity index (χ3n) is 9.80. The highest BCUT2D eigenvalue weighted by Crippen LogP contribution is 2.40. The Kier molecular flexibility index (Phi) is 6.85. The van der Waals surface area contributed by atoms with Crippen molar-refractivity contribution in [2.45, 2.75) is 6.42 Å². The van der Waals surface area contributed by atoms with Crippen LogP contribution in [0.2, 0.25) is 0 Å². The number of benzene rings is 7. The Morgan fingerprint density at radius 1 is 0.392 bits per heavy atom. The van der Waals surface area contributed by atoms with Crippen LogP contribution in [0.25, 0.3) is 71.8 Å². The smallest absolute Gasteiger partial charge is 0.160 e. The van der Waals surface area contributed by atoms with Crippen LogP contribution in [0.1, 0.15) is 23.1 Å². The van der Waals surface area contributed by atoms with E-state index >= 15 is 0 Å². The molecule has 0 N–H and O–H groups in total. The van der Waals surface area contributed by atoms with Crippen LogP contribution in [-0.4, -0.2) is 11.5 Å². The third kappa shape index (κ3) is 5.08. The van der Waals surface area contributed by atoms with E-state index in [2.05, 4.69) is 127 Å². The first-order chi connectivity index (χ1) is 25.3. The minimum Gasteiger partial charge on any atom is -0.456 e. The molecule has 0 radical (unpaired) electrons. The molecule has 0 saturated carbocycles. The highest BCUT2D eigenvalue weighted by Gasteiger charge is 2.20. The number of nitrogens with zero attached hydrogens (tertiary/aromatic N) is 2. The minimum absolute atomic E-state index is 0.654. The lowest BCUT2D eigenvalue weighted by atomic mass is 9.97. The summed E-state index contributed by atoms with van der Waals surface area (Å²) in [5.41, 5.74) is 12.8. The lowest BCUT2D eigenvalue weighted by Crippen LogP contribution is -2.05. The maximum Gasteiger partial charge on any atom is 0.160 e. The van der Waals surface area contributed by atoms with E-state index in [4.69, 9.17) is 18.8 Å². The van der Waals surface area contributed by atoms with Gasteiger partial charge < -0.3 is 8.83 Å². The fourth-order valence-corrected chi connectivity index (χ4v) is 7.33. The van der Waals surface area contributed by atoms with Crippen molar-refractivity contribution in [2.24, 2.45) is 9.98 Å². The van der Waals surface area contributed by atoms with Gasteiger partial charge in [0.2, 0.25) is 0 Å². The Labute approximate surface area is 294 Å². The molecule has 9 aromatic rings. The number of para-hydroxylation sites is 1. The summed E-state index contributed by atoms with van der Waals surface area (Å²) >= 11 is 0. The second kappa shape index (κ2) is 12.0. The van der Waals surface area contributed by atoms with E-state index in [9.17, 15) is 0 Å². The molecule has 240 valence electrons. The number of aliphatic imine (C=N–C) groups is 2. The third-order valence-corrected chi connectivity index (χ3v) is 9.80. The average Bonchev–Trinajstić information content (AvgIpc) is 3.69. The van der Waals surface area contributed by atoms with Crippen molar-refractivity contribution in [1.29, 1.82) is 0 Å². The van der Waals surface area contributed by atoms with Gasteiger partial charge in [0.1, 0.15) is 22.3 Å². The van der Waals surface area contributed by atoms with Crippen LogP contribution in [0.4, 0.5) is 0 Å². The number of amidine groups is 1. The van der Waals surface area contributed by atoms with Gasteiger partial charge in [0.25, 0.3) is 0 Å². The summed E-state index contributed by atoms with van der Waals surface area (Å²) in [7, 11) is 0. The molecule has 0 atom stereocenters. The molecule has 10 rings (SSSR count). The van der Waals surface area contributed by atoms with E-state index in [0.717, 1.165) is 83.1 Å². The van der Waals surface area contributed by atoms with Crippen LogP contribution in [0.3, 0.4) is 0 Å². The van der Waals surface area contributed by atoms with Crippen LogP contribution < -0.4 is 0 Å². The molecular formula is C47H30N2O2. The van der Waals surface area contributed by atoms with Gasteiger partial charge in [-0.2, -0.15) is 0 Å². The lowest BCUT2D eigenvalue weighted by Gasteiger charge is -2.08. The van der Waals surface area contributed by atoms with Crippen molar-refractivity contribution in [3.8, 4) is 22.3 Å². The molecule has 0 unspecified atom stereocenters. The molecule has 4 heteroatoms. The SMILES string of the molecule is C1=C(c2ccc(-c3ccccc3)cc2)N=C(c2cccc3oc4ccc(-c5cccc6oc7ccccc7c56)cc4c23)N=C(c2ccccc2)C1. The summed E-state index contributed by atoms with van der Waals surface area (Å²) in [5, 5.41) is 4.23. The van der Waals surface area contributed by atoms with E-state index in [1.54, 1.807) is 0 Å². The Morgan fingerprint density at radius 3 is 1.73 bits per heavy atom. The second-order valence-electron chi connectivity index (χ2n) is 12.9. The standard InChI is InChI=1S/C47H30N2O2/c1-3-11-30(12-4-1)31-21-23-33(24-22-31)40-27-26-39(32-13-5-2-6-14-32)48-47(49-40)37-17-10-20-44-46(37)38-29-34(25-28-42(38)51-44)35-16-9-19-43-45(35)36-15-7-8-18-41(36)50-43/h1-25,27-29H,26H2. The highest BCUT2D eigenvalue weighted by atomic mass is 16.3. The first-order valence-corrected chi connectivity index (χ1v) is 17.2. The number of furan rings is 2. The molecule has 0 spiro atoms. The first kappa shape index (κ1) is 29.2. The maximum absolute atomic E-state index is 6.49. The quantitative estimate of drug-likeness (QED) is 0.185. The molecule has 3 heterocycles. The van der Waals surface area contributed by atoms with Crippen molar-refractivity contribution >= 4 is 61.1 Å². The van der Waals surface area contributed by atoms with Gasteiger partial charge in [-0.3, -0.25) is 0 Å². The molecule has 1 aliphatic rings. The van der Waals surface area contributed by atoms with Gasteiger partial charge >= 0.3 is 0 Å². The molecule has 0 saturated heterocycles. The van der Waals surface area contributed by atoms with Gasteiger partial charge in [0.15, 0.2) is 5.84 Å². The largest absolute Gasteiger partial charge is 0.456 e. The molecule has 51 heavy (non-hydrogen) atoms. The van der Waals surface area contributed by atoms with Gasteiger partial charge in [-0.15, -0.1) is 0 Å². The van der Waals surface area contributed by atoms with Gasteiger partial charge in [-0.25, -0.2) is 9.98 Å². The Morgan fingerprint density at radius 2 is 0.961 bits per heavy atom. The minimum atomic E-state index is 0.654. The molecule has 4 nitrogen and oxygen atoms in total. The van der Waals surface area contributed by atoms with Crippen molar-refractivity contribution in [3.05, 3.63) is 187 Å². The van der Waals surface area contributed by atoms with Crippen LogP contribution in [0.5, 0.6) is 0 Å².